The van der Waals surface area contributed by atoms with Gasteiger partial charge in [0.05, 0.1) is 0 Å². The van der Waals surface area contributed by atoms with Gasteiger partial charge in [0.1, 0.15) is 6.79 Å². The van der Waals surface area contributed by atoms with Gasteiger partial charge in [0.25, 0.3) is 0 Å². The number of hydrogen-bond donors (Lipinski definition) is 0. The zero-order chi connectivity index (χ0) is 9.23. The lowest BCUT2D eigenvalue weighted by atomic mass is 10.3. The first-order chi connectivity index (χ1) is 5.77. The largest absolute Gasteiger partial charge is 0.355 e. The lowest BCUT2D eigenvalue weighted by molar-refractivity contribution is -0.0542. The SMILES string of the molecule is CCCOCOCCCC(C)I. The molecule has 1 atom stereocenters. The standard InChI is InChI=1S/C9H19IO2/c1-3-6-11-8-12-7-4-5-9(2)10/h9H,3-8H2,1-2H3. The number of halogens is 1. The highest BCUT2D eigenvalue weighted by Gasteiger charge is 1.94. The molecule has 0 aliphatic rings. The Morgan fingerprint density at radius 3 is 2.50 bits per heavy atom. The second-order valence-corrected chi connectivity index (χ2v) is 4.98. The van der Waals surface area contributed by atoms with Crippen LogP contribution < -0.4 is 0 Å². The smallest absolute Gasteiger partial charge is 0.146 e. The summed E-state index contributed by atoms with van der Waals surface area (Å²) in [5.74, 6) is 0. The lowest BCUT2D eigenvalue weighted by Crippen LogP contribution is -2.03. The molecule has 0 saturated carbocycles. The number of alkyl halides is 1. The molecule has 0 saturated heterocycles. The van der Waals surface area contributed by atoms with Crippen molar-refractivity contribution in [1.29, 1.82) is 0 Å². The summed E-state index contributed by atoms with van der Waals surface area (Å²) in [5.41, 5.74) is 0. The second kappa shape index (κ2) is 9.74. The maximum absolute atomic E-state index is 5.26. The molecule has 1 unspecified atom stereocenters. The molecular weight excluding hydrogens is 267 g/mol. The molecule has 0 aromatic carbocycles. The molecule has 0 aromatic rings. The Hall–Kier alpha value is 0.650. The first-order valence-corrected chi connectivity index (χ1v) is 5.81. The summed E-state index contributed by atoms with van der Waals surface area (Å²) in [6.07, 6.45) is 3.43. The Morgan fingerprint density at radius 1 is 1.25 bits per heavy atom. The zero-order valence-electron chi connectivity index (χ0n) is 8.01. The van der Waals surface area contributed by atoms with Gasteiger partial charge in [-0.2, -0.15) is 0 Å². The van der Waals surface area contributed by atoms with Crippen LogP contribution in [0.4, 0.5) is 0 Å². The van der Waals surface area contributed by atoms with Crippen LogP contribution in [0.1, 0.15) is 33.1 Å². The molecule has 0 aliphatic heterocycles. The van der Waals surface area contributed by atoms with Crippen molar-refractivity contribution >= 4 is 22.6 Å². The Labute approximate surface area is 89.1 Å². The van der Waals surface area contributed by atoms with E-state index in [1.54, 1.807) is 0 Å². The average molecular weight is 286 g/mol. The van der Waals surface area contributed by atoms with E-state index in [0.29, 0.717) is 6.79 Å². The van der Waals surface area contributed by atoms with Gasteiger partial charge in [-0.15, -0.1) is 0 Å². The van der Waals surface area contributed by atoms with Crippen molar-refractivity contribution in [3.8, 4) is 0 Å². The van der Waals surface area contributed by atoms with Crippen molar-refractivity contribution < 1.29 is 9.47 Å². The van der Waals surface area contributed by atoms with Crippen LogP contribution in [0.5, 0.6) is 0 Å². The van der Waals surface area contributed by atoms with Gasteiger partial charge in [0.2, 0.25) is 0 Å². The minimum Gasteiger partial charge on any atom is -0.355 e. The fourth-order valence-electron chi connectivity index (χ4n) is 0.788. The molecule has 0 radical (unpaired) electrons. The highest BCUT2D eigenvalue weighted by atomic mass is 127. The van der Waals surface area contributed by atoms with Crippen LogP contribution in [0.2, 0.25) is 0 Å². The van der Waals surface area contributed by atoms with E-state index >= 15 is 0 Å². The maximum atomic E-state index is 5.26. The molecule has 12 heavy (non-hydrogen) atoms. The summed E-state index contributed by atoms with van der Waals surface area (Å²) in [6, 6.07) is 0. The molecule has 0 bridgehead atoms. The van der Waals surface area contributed by atoms with Gasteiger partial charge in [-0.25, -0.2) is 0 Å². The third kappa shape index (κ3) is 10.7. The first kappa shape index (κ1) is 12.7. The van der Waals surface area contributed by atoms with Crippen molar-refractivity contribution in [2.75, 3.05) is 20.0 Å². The summed E-state index contributed by atoms with van der Waals surface area (Å²) in [6.45, 7) is 6.41. The van der Waals surface area contributed by atoms with Crippen molar-refractivity contribution in [2.24, 2.45) is 0 Å². The normalized spacial score (nSPS) is 13.2. The monoisotopic (exact) mass is 286 g/mol. The molecule has 2 nitrogen and oxygen atoms in total. The Kier molecular flexibility index (Phi) is 10.3. The number of hydrogen-bond acceptors (Lipinski definition) is 2. The molecule has 0 heterocycles. The van der Waals surface area contributed by atoms with Gasteiger partial charge in [-0.1, -0.05) is 36.4 Å². The molecule has 0 aromatic heterocycles. The fraction of sp³-hybridized carbons (Fsp3) is 1.00. The Bertz CT molecular complexity index is 86.6. The molecule has 0 aliphatic carbocycles. The van der Waals surface area contributed by atoms with Crippen LogP contribution in [0.15, 0.2) is 0 Å². The van der Waals surface area contributed by atoms with E-state index in [-0.39, 0.29) is 0 Å². The zero-order valence-corrected chi connectivity index (χ0v) is 10.2. The Balaban J connectivity index is 2.82. The van der Waals surface area contributed by atoms with Crippen molar-refractivity contribution in [3.05, 3.63) is 0 Å². The Morgan fingerprint density at radius 2 is 1.92 bits per heavy atom. The van der Waals surface area contributed by atoms with E-state index in [9.17, 15) is 0 Å². The summed E-state index contributed by atoms with van der Waals surface area (Å²) < 4.78 is 11.2. The fourth-order valence-corrected chi connectivity index (χ4v) is 1.23. The highest BCUT2D eigenvalue weighted by molar-refractivity contribution is 14.1. The molecule has 0 spiro atoms. The molecule has 0 fully saturated rings. The lowest BCUT2D eigenvalue weighted by Gasteiger charge is -2.05. The van der Waals surface area contributed by atoms with Crippen molar-refractivity contribution in [1.82, 2.24) is 0 Å². The van der Waals surface area contributed by atoms with E-state index in [0.717, 1.165) is 30.0 Å². The quantitative estimate of drug-likeness (QED) is 0.295. The summed E-state index contributed by atoms with van der Waals surface area (Å²) in [4.78, 5) is 0. The van der Waals surface area contributed by atoms with E-state index in [1.807, 2.05) is 0 Å². The van der Waals surface area contributed by atoms with Crippen LogP contribution in [0.25, 0.3) is 0 Å². The highest BCUT2D eigenvalue weighted by Crippen LogP contribution is 2.06. The van der Waals surface area contributed by atoms with Crippen LogP contribution in [0, 0.1) is 0 Å². The molecule has 74 valence electrons. The summed E-state index contributed by atoms with van der Waals surface area (Å²) in [5, 5.41) is 0. The minimum absolute atomic E-state index is 0.462. The predicted octanol–water partition coefficient (Wildman–Crippen LogP) is 2.99. The third-order valence-electron chi connectivity index (χ3n) is 1.41. The van der Waals surface area contributed by atoms with E-state index < -0.39 is 0 Å². The van der Waals surface area contributed by atoms with Gasteiger partial charge in [0.15, 0.2) is 0 Å². The number of rotatable bonds is 8. The molecule has 0 N–H and O–H groups in total. The van der Waals surface area contributed by atoms with Gasteiger partial charge < -0.3 is 9.47 Å². The second-order valence-electron chi connectivity index (χ2n) is 2.86. The van der Waals surface area contributed by atoms with E-state index in [4.69, 9.17) is 9.47 Å². The molecule has 3 heteroatoms. The first-order valence-electron chi connectivity index (χ1n) is 4.57. The van der Waals surface area contributed by atoms with Crippen molar-refractivity contribution in [3.63, 3.8) is 0 Å². The van der Waals surface area contributed by atoms with E-state index in [1.165, 1.54) is 6.42 Å². The molecule has 0 rings (SSSR count). The summed E-state index contributed by atoms with van der Waals surface area (Å²) >= 11 is 2.43. The topological polar surface area (TPSA) is 18.5 Å². The van der Waals surface area contributed by atoms with Crippen molar-refractivity contribution in [2.45, 2.75) is 37.0 Å². The molecular formula is C9H19IO2. The van der Waals surface area contributed by atoms with Crippen LogP contribution in [0.3, 0.4) is 0 Å². The average Bonchev–Trinajstić information content (AvgIpc) is 2.02. The predicted molar refractivity (Wildman–Crippen MR) is 59.8 cm³/mol. The minimum atomic E-state index is 0.462. The van der Waals surface area contributed by atoms with Crippen LogP contribution in [-0.2, 0) is 9.47 Å². The molecule has 0 amide bonds. The van der Waals surface area contributed by atoms with Gasteiger partial charge in [0, 0.05) is 17.1 Å². The van der Waals surface area contributed by atoms with Gasteiger partial charge in [-0.3, -0.25) is 0 Å². The van der Waals surface area contributed by atoms with Crippen LogP contribution in [-0.4, -0.2) is 23.9 Å². The van der Waals surface area contributed by atoms with Crippen LogP contribution >= 0.6 is 22.6 Å². The number of ether oxygens (including phenoxy) is 2. The van der Waals surface area contributed by atoms with E-state index in [2.05, 4.69) is 36.4 Å². The van der Waals surface area contributed by atoms with Gasteiger partial charge in [-0.05, 0) is 19.3 Å². The maximum Gasteiger partial charge on any atom is 0.146 e. The van der Waals surface area contributed by atoms with Gasteiger partial charge >= 0.3 is 0 Å². The third-order valence-corrected chi connectivity index (χ3v) is 2.03. The summed E-state index contributed by atoms with van der Waals surface area (Å²) in [7, 11) is 0.